The number of H-pyrrole nitrogens is 1. The van der Waals surface area contributed by atoms with E-state index in [1.807, 2.05) is 47.4 Å². The molecule has 13 heteroatoms. The smallest absolute Gasteiger partial charge is 0.395 e. The number of oxime groups is 1. The van der Waals surface area contributed by atoms with Gasteiger partial charge in [-0.3, -0.25) is 14.7 Å². The van der Waals surface area contributed by atoms with E-state index >= 15 is 0 Å². The maximum absolute atomic E-state index is 13.7. The molecule has 1 fully saturated rings. The minimum atomic E-state index is -5.06. The predicted octanol–water partition coefficient (Wildman–Crippen LogP) is 6.60. The Morgan fingerprint density at radius 1 is 1.00 bits per heavy atom. The Balaban J connectivity index is 1.36. The fourth-order valence-corrected chi connectivity index (χ4v) is 5.51. The number of nitrogens with one attached hydrogen (secondary N) is 1. The number of aromatic amines is 1. The highest BCUT2D eigenvalue weighted by atomic mass is 19.4. The van der Waals surface area contributed by atoms with Crippen molar-refractivity contribution >= 4 is 22.5 Å². The second-order valence-corrected chi connectivity index (χ2v) is 11.0. The molecule has 45 heavy (non-hydrogen) atoms. The van der Waals surface area contributed by atoms with Gasteiger partial charge in [-0.2, -0.15) is 26.3 Å². The zero-order valence-electron chi connectivity index (χ0n) is 24.3. The first-order chi connectivity index (χ1) is 21.4. The summed E-state index contributed by atoms with van der Waals surface area (Å²) in [5.41, 5.74) is -0.419. The third kappa shape index (κ3) is 8.01. The molecule has 2 aromatic heterocycles. The van der Waals surface area contributed by atoms with Crippen LogP contribution in [0.25, 0.3) is 10.9 Å². The Hall–Kier alpha value is -4.39. The molecule has 0 unspecified atom stereocenters. The molecule has 1 saturated heterocycles. The quantitative estimate of drug-likeness (QED) is 0.0978. The third-order valence-electron chi connectivity index (χ3n) is 7.64. The van der Waals surface area contributed by atoms with Crippen molar-refractivity contribution < 1.29 is 36.0 Å². The molecule has 1 N–H and O–H groups in total. The van der Waals surface area contributed by atoms with Crippen molar-refractivity contribution in [2.75, 3.05) is 32.8 Å². The lowest BCUT2D eigenvalue weighted by atomic mass is 9.98. The Labute approximate surface area is 255 Å². The van der Waals surface area contributed by atoms with Gasteiger partial charge in [-0.1, -0.05) is 29.4 Å². The van der Waals surface area contributed by atoms with Crippen LogP contribution in [0.2, 0.25) is 0 Å². The van der Waals surface area contributed by atoms with E-state index in [1.165, 1.54) is 4.90 Å². The van der Waals surface area contributed by atoms with E-state index in [9.17, 15) is 31.1 Å². The van der Waals surface area contributed by atoms with Crippen LogP contribution in [0, 0.1) is 0 Å². The van der Waals surface area contributed by atoms with Gasteiger partial charge < -0.3 is 14.7 Å². The average Bonchev–Trinajstić information content (AvgIpc) is 3.41. The first-order valence-electron chi connectivity index (χ1n) is 14.3. The SMILES string of the molecule is CC(CN1CCN(C(=O)c2cc(C(F)(F)F)cc(C(F)(F)F)c2)[C@H](Cc2c[nH]c3ccccc23)C1)=NOCCc1ccccn1. The molecule has 1 aliphatic heterocycles. The fourth-order valence-electron chi connectivity index (χ4n) is 5.51. The number of hydrogen-bond donors (Lipinski definition) is 1. The minimum absolute atomic E-state index is 0.0265. The van der Waals surface area contributed by atoms with E-state index < -0.39 is 41.0 Å². The normalized spacial score (nSPS) is 16.7. The van der Waals surface area contributed by atoms with Gasteiger partial charge in [0, 0.05) is 73.2 Å². The number of nitrogens with zero attached hydrogens (tertiary/aromatic N) is 4. The van der Waals surface area contributed by atoms with E-state index in [4.69, 9.17) is 4.84 Å². The molecule has 0 radical (unpaired) electrons. The summed E-state index contributed by atoms with van der Waals surface area (Å²) in [5, 5.41) is 5.11. The van der Waals surface area contributed by atoms with Crippen LogP contribution in [0.15, 0.2) is 78.2 Å². The van der Waals surface area contributed by atoms with Gasteiger partial charge in [0.25, 0.3) is 5.91 Å². The van der Waals surface area contributed by atoms with Crippen molar-refractivity contribution in [2.45, 2.75) is 38.2 Å². The first kappa shape index (κ1) is 32.0. The topological polar surface area (TPSA) is 73.8 Å². The summed E-state index contributed by atoms with van der Waals surface area (Å²) in [6.45, 7) is 3.28. The Morgan fingerprint density at radius 3 is 2.40 bits per heavy atom. The summed E-state index contributed by atoms with van der Waals surface area (Å²) in [4.78, 5) is 30.0. The molecule has 5 rings (SSSR count). The maximum atomic E-state index is 13.7. The molecular formula is C32H31F6N5O2. The number of carbonyl (C=O) groups excluding carboxylic acids is 1. The first-order valence-corrected chi connectivity index (χ1v) is 14.3. The molecule has 1 atom stereocenters. The van der Waals surface area contributed by atoms with Crippen LogP contribution < -0.4 is 0 Å². The largest absolute Gasteiger partial charge is 0.416 e. The summed E-state index contributed by atoms with van der Waals surface area (Å²) in [6.07, 6.45) is -5.71. The monoisotopic (exact) mass is 631 g/mol. The number of aromatic nitrogens is 2. The van der Waals surface area contributed by atoms with Crippen molar-refractivity contribution in [1.82, 2.24) is 19.8 Å². The molecule has 238 valence electrons. The predicted molar refractivity (Wildman–Crippen MR) is 157 cm³/mol. The van der Waals surface area contributed by atoms with Gasteiger partial charge in [0.2, 0.25) is 0 Å². The number of rotatable bonds is 9. The number of alkyl halides is 6. The molecule has 3 heterocycles. The number of carbonyl (C=O) groups is 1. The Bertz CT molecular complexity index is 1620. The van der Waals surface area contributed by atoms with E-state index in [1.54, 1.807) is 19.3 Å². The molecule has 1 aliphatic rings. The van der Waals surface area contributed by atoms with Gasteiger partial charge >= 0.3 is 12.4 Å². The molecular weight excluding hydrogens is 600 g/mol. The van der Waals surface area contributed by atoms with Gasteiger partial charge in [0.05, 0.1) is 16.8 Å². The number of benzene rings is 2. The lowest BCUT2D eigenvalue weighted by Crippen LogP contribution is -2.56. The van der Waals surface area contributed by atoms with Crippen molar-refractivity contribution in [3.05, 3.63) is 101 Å². The number of fused-ring (bicyclic) bond motifs is 1. The van der Waals surface area contributed by atoms with Gasteiger partial charge in [-0.05, 0) is 55.3 Å². The molecule has 4 aromatic rings. The van der Waals surface area contributed by atoms with Crippen molar-refractivity contribution in [3.8, 4) is 0 Å². The third-order valence-corrected chi connectivity index (χ3v) is 7.64. The number of hydrogen-bond acceptors (Lipinski definition) is 5. The average molecular weight is 632 g/mol. The summed E-state index contributed by atoms with van der Waals surface area (Å²) < 4.78 is 81.4. The number of amides is 1. The van der Waals surface area contributed by atoms with Crippen LogP contribution >= 0.6 is 0 Å². The number of para-hydroxylation sites is 1. The van der Waals surface area contributed by atoms with Gasteiger partial charge in [-0.15, -0.1) is 0 Å². The summed E-state index contributed by atoms with van der Waals surface area (Å²) in [7, 11) is 0. The van der Waals surface area contributed by atoms with Crippen LogP contribution in [0.3, 0.4) is 0 Å². The molecule has 0 spiro atoms. The van der Waals surface area contributed by atoms with E-state index in [2.05, 4.69) is 15.1 Å². The van der Waals surface area contributed by atoms with Crippen molar-refractivity contribution in [3.63, 3.8) is 0 Å². The lowest BCUT2D eigenvalue weighted by molar-refractivity contribution is -0.143. The number of piperazine rings is 1. The molecule has 0 bridgehead atoms. The minimum Gasteiger partial charge on any atom is -0.395 e. The molecule has 0 saturated carbocycles. The van der Waals surface area contributed by atoms with E-state index in [-0.39, 0.29) is 12.6 Å². The zero-order valence-corrected chi connectivity index (χ0v) is 24.3. The van der Waals surface area contributed by atoms with E-state index in [0.717, 1.165) is 22.2 Å². The van der Waals surface area contributed by atoms with Crippen LogP contribution in [-0.4, -0.2) is 70.2 Å². The second-order valence-electron chi connectivity index (χ2n) is 11.0. The fraction of sp³-hybridized carbons (Fsp3) is 0.344. The lowest BCUT2D eigenvalue weighted by Gasteiger charge is -2.41. The molecule has 0 aliphatic carbocycles. The molecule has 1 amide bonds. The van der Waals surface area contributed by atoms with Crippen LogP contribution in [0.1, 0.15) is 39.7 Å². The highest BCUT2D eigenvalue weighted by Gasteiger charge is 2.39. The summed E-state index contributed by atoms with van der Waals surface area (Å²) in [5.74, 6) is -0.890. The summed E-state index contributed by atoms with van der Waals surface area (Å²) in [6, 6.07) is 13.6. The molecule has 7 nitrogen and oxygen atoms in total. The van der Waals surface area contributed by atoms with Gasteiger partial charge in [0.15, 0.2) is 0 Å². The van der Waals surface area contributed by atoms with Crippen molar-refractivity contribution in [2.24, 2.45) is 5.16 Å². The van der Waals surface area contributed by atoms with E-state index in [0.29, 0.717) is 56.9 Å². The molecule has 2 aromatic carbocycles. The second kappa shape index (κ2) is 13.3. The Morgan fingerprint density at radius 2 is 1.71 bits per heavy atom. The maximum Gasteiger partial charge on any atom is 0.416 e. The van der Waals surface area contributed by atoms with Crippen LogP contribution in [-0.2, 0) is 30.0 Å². The Kier molecular flexibility index (Phi) is 9.47. The van der Waals surface area contributed by atoms with Gasteiger partial charge in [0.1, 0.15) is 6.61 Å². The summed E-state index contributed by atoms with van der Waals surface area (Å²) >= 11 is 0. The highest BCUT2D eigenvalue weighted by Crippen LogP contribution is 2.37. The van der Waals surface area contributed by atoms with Crippen molar-refractivity contribution in [1.29, 1.82) is 0 Å². The number of halogens is 6. The highest BCUT2D eigenvalue weighted by molar-refractivity contribution is 5.95. The zero-order chi connectivity index (χ0) is 32.2. The number of pyridine rings is 1. The van der Waals surface area contributed by atoms with Crippen LogP contribution in [0.4, 0.5) is 26.3 Å². The standard InChI is InChI=1S/C32H31F6N5O2/c1-21(41-45-13-9-26-6-4-5-10-39-26)19-42-11-12-43(27(20-42)16-23-18-40-29-8-3-2-7-28(23)29)30(44)22-14-24(31(33,34)35)17-25(15-22)32(36,37)38/h2-8,10,14-15,17-18,27,40H,9,11-13,16,19-20H2,1H3/t27-/m1/s1. The van der Waals surface area contributed by atoms with Crippen LogP contribution in [0.5, 0.6) is 0 Å². The van der Waals surface area contributed by atoms with Gasteiger partial charge in [-0.25, -0.2) is 0 Å².